The molecule has 2 rings (SSSR count). The Bertz CT molecular complexity index is 371. The number of rotatable bonds is 1. The van der Waals surface area contributed by atoms with Gasteiger partial charge < -0.3 is 9.88 Å². The smallest absolute Gasteiger partial charge is 0.274 e. The van der Waals surface area contributed by atoms with Crippen molar-refractivity contribution in [3.05, 3.63) is 22.4 Å². The summed E-state index contributed by atoms with van der Waals surface area (Å²) in [6.45, 7) is 2.13. The summed E-state index contributed by atoms with van der Waals surface area (Å²) in [7, 11) is 1.96. The van der Waals surface area contributed by atoms with Crippen LogP contribution in [0.25, 0.3) is 0 Å². The predicted octanol–water partition coefficient (Wildman–Crippen LogP) is 0.541. The minimum absolute atomic E-state index is 0.0246. The van der Waals surface area contributed by atoms with E-state index in [0.29, 0.717) is 6.04 Å². The highest BCUT2D eigenvalue weighted by molar-refractivity contribution is 5.53. The third-order valence-corrected chi connectivity index (χ3v) is 2.71. The molecule has 0 bridgehead atoms. The first-order chi connectivity index (χ1) is 6.24. The van der Waals surface area contributed by atoms with Crippen molar-refractivity contribution in [3.8, 4) is 0 Å². The molecule has 13 heavy (non-hydrogen) atoms. The molecular weight excluding hydrogens is 166 g/mol. The lowest BCUT2D eigenvalue weighted by atomic mass is 10.1. The highest BCUT2D eigenvalue weighted by Gasteiger charge is 2.28. The second-order valence-electron chi connectivity index (χ2n) is 3.40. The molecule has 0 aliphatic carbocycles. The lowest BCUT2D eigenvalue weighted by Gasteiger charge is -2.19. The molecule has 0 saturated heterocycles. The van der Waals surface area contributed by atoms with Crippen LogP contribution in [0, 0.1) is 0 Å². The van der Waals surface area contributed by atoms with Crippen LogP contribution in [0.15, 0.2) is 11.1 Å². The molecule has 1 aliphatic heterocycles. The van der Waals surface area contributed by atoms with E-state index < -0.39 is 0 Å². The number of nitrogens with zero attached hydrogens (tertiary/aromatic N) is 2. The van der Waals surface area contributed by atoms with Crippen LogP contribution in [0.3, 0.4) is 0 Å². The van der Waals surface area contributed by atoms with Crippen LogP contribution in [0.4, 0.5) is 5.69 Å². The standard InChI is InChI=1S/C9H13N3O/c1-3-6-4-7-8(12(6)2)9(13)11-5-10-7/h5-6H,3-4H2,1-2H3,(H,10,11,13). The topological polar surface area (TPSA) is 49.0 Å². The zero-order valence-corrected chi connectivity index (χ0v) is 7.87. The van der Waals surface area contributed by atoms with Gasteiger partial charge in [0.15, 0.2) is 0 Å². The van der Waals surface area contributed by atoms with E-state index in [-0.39, 0.29) is 5.56 Å². The summed E-state index contributed by atoms with van der Waals surface area (Å²) in [4.78, 5) is 20.2. The Balaban J connectivity index is 2.50. The van der Waals surface area contributed by atoms with Crippen molar-refractivity contribution in [3.63, 3.8) is 0 Å². The van der Waals surface area contributed by atoms with Gasteiger partial charge in [-0.3, -0.25) is 4.79 Å². The third-order valence-electron chi connectivity index (χ3n) is 2.71. The SMILES string of the molecule is CCC1Cc2nc[nH]c(=O)c2N1C. The van der Waals surface area contributed by atoms with E-state index in [0.717, 1.165) is 24.2 Å². The molecule has 70 valence electrons. The van der Waals surface area contributed by atoms with E-state index in [1.807, 2.05) is 11.9 Å². The van der Waals surface area contributed by atoms with Crippen molar-refractivity contribution in [2.75, 3.05) is 11.9 Å². The number of hydrogen-bond acceptors (Lipinski definition) is 3. The third kappa shape index (κ3) is 1.13. The Morgan fingerprint density at radius 2 is 2.54 bits per heavy atom. The number of H-pyrrole nitrogens is 1. The van der Waals surface area contributed by atoms with Crippen LogP contribution >= 0.6 is 0 Å². The first-order valence-corrected chi connectivity index (χ1v) is 4.53. The Kier molecular flexibility index (Phi) is 1.83. The summed E-state index contributed by atoms with van der Waals surface area (Å²) in [5, 5.41) is 0. The van der Waals surface area contributed by atoms with Crippen molar-refractivity contribution in [1.82, 2.24) is 9.97 Å². The molecule has 1 aliphatic rings. The second kappa shape index (κ2) is 2.87. The van der Waals surface area contributed by atoms with Crippen LogP contribution in [-0.2, 0) is 6.42 Å². The molecule has 1 aromatic heterocycles. The number of fused-ring (bicyclic) bond motifs is 1. The number of nitrogens with one attached hydrogen (secondary N) is 1. The number of hydrogen-bond donors (Lipinski definition) is 1. The van der Waals surface area contributed by atoms with E-state index >= 15 is 0 Å². The van der Waals surface area contributed by atoms with E-state index in [2.05, 4.69) is 16.9 Å². The maximum Gasteiger partial charge on any atom is 0.274 e. The lowest BCUT2D eigenvalue weighted by molar-refractivity contribution is 0.639. The fraction of sp³-hybridized carbons (Fsp3) is 0.556. The van der Waals surface area contributed by atoms with Gasteiger partial charge in [0.05, 0.1) is 12.0 Å². The van der Waals surface area contributed by atoms with Crippen molar-refractivity contribution in [2.24, 2.45) is 0 Å². The average molecular weight is 179 g/mol. The summed E-state index contributed by atoms with van der Waals surface area (Å²) < 4.78 is 0. The average Bonchev–Trinajstić information content (AvgIpc) is 2.44. The molecular formula is C9H13N3O. The normalized spacial score (nSPS) is 20.5. The number of aromatic nitrogens is 2. The monoisotopic (exact) mass is 179 g/mol. The van der Waals surface area contributed by atoms with Crippen molar-refractivity contribution < 1.29 is 0 Å². The molecule has 1 atom stereocenters. The Labute approximate surface area is 76.6 Å². The molecule has 0 radical (unpaired) electrons. The van der Waals surface area contributed by atoms with E-state index in [4.69, 9.17) is 0 Å². The molecule has 4 heteroatoms. The zero-order chi connectivity index (χ0) is 9.42. The molecule has 0 saturated carbocycles. The van der Waals surface area contributed by atoms with Gasteiger partial charge in [-0.1, -0.05) is 6.92 Å². The zero-order valence-electron chi connectivity index (χ0n) is 7.87. The van der Waals surface area contributed by atoms with Gasteiger partial charge in [0, 0.05) is 19.5 Å². The minimum atomic E-state index is -0.0246. The second-order valence-corrected chi connectivity index (χ2v) is 3.40. The highest BCUT2D eigenvalue weighted by Crippen LogP contribution is 2.26. The lowest BCUT2D eigenvalue weighted by Crippen LogP contribution is -2.29. The molecule has 2 heterocycles. The van der Waals surface area contributed by atoms with Gasteiger partial charge in [0.25, 0.3) is 5.56 Å². The molecule has 1 N–H and O–H groups in total. The molecule has 0 fully saturated rings. The van der Waals surface area contributed by atoms with Gasteiger partial charge in [-0.25, -0.2) is 4.98 Å². The first kappa shape index (κ1) is 8.29. The van der Waals surface area contributed by atoms with Gasteiger partial charge in [-0.2, -0.15) is 0 Å². The van der Waals surface area contributed by atoms with Crippen LogP contribution in [0.1, 0.15) is 19.0 Å². The summed E-state index contributed by atoms with van der Waals surface area (Å²) in [5.74, 6) is 0. The largest absolute Gasteiger partial charge is 0.365 e. The van der Waals surface area contributed by atoms with Crippen molar-refractivity contribution in [1.29, 1.82) is 0 Å². The Morgan fingerprint density at radius 3 is 3.15 bits per heavy atom. The first-order valence-electron chi connectivity index (χ1n) is 4.53. The van der Waals surface area contributed by atoms with Gasteiger partial charge in [-0.15, -0.1) is 0 Å². The summed E-state index contributed by atoms with van der Waals surface area (Å²) in [6, 6.07) is 0.436. The Morgan fingerprint density at radius 1 is 1.77 bits per heavy atom. The summed E-state index contributed by atoms with van der Waals surface area (Å²) in [5.41, 5.74) is 1.65. The quantitative estimate of drug-likeness (QED) is 0.684. The van der Waals surface area contributed by atoms with Crippen molar-refractivity contribution in [2.45, 2.75) is 25.8 Å². The molecule has 4 nitrogen and oxygen atoms in total. The van der Waals surface area contributed by atoms with Crippen molar-refractivity contribution >= 4 is 5.69 Å². The molecule has 1 aromatic rings. The van der Waals surface area contributed by atoms with Gasteiger partial charge in [0.2, 0.25) is 0 Å². The maximum absolute atomic E-state index is 11.4. The molecule has 0 aromatic carbocycles. The fourth-order valence-corrected chi connectivity index (χ4v) is 1.90. The van der Waals surface area contributed by atoms with Crippen LogP contribution in [0.2, 0.25) is 0 Å². The van der Waals surface area contributed by atoms with Gasteiger partial charge >= 0.3 is 0 Å². The van der Waals surface area contributed by atoms with E-state index in [9.17, 15) is 4.79 Å². The maximum atomic E-state index is 11.4. The Hall–Kier alpha value is -1.32. The highest BCUT2D eigenvalue weighted by atomic mass is 16.1. The van der Waals surface area contributed by atoms with Gasteiger partial charge in [0.1, 0.15) is 5.69 Å². The van der Waals surface area contributed by atoms with Crippen LogP contribution < -0.4 is 10.5 Å². The number of likely N-dealkylation sites (N-methyl/N-ethyl adjacent to an activating group) is 1. The molecule has 0 spiro atoms. The minimum Gasteiger partial charge on any atom is -0.365 e. The molecule has 0 amide bonds. The molecule has 1 unspecified atom stereocenters. The fourth-order valence-electron chi connectivity index (χ4n) is 1.90. The number of aromatic amines is 1. The number of anilines is 1. The summed E-state index contributed by atoms with van der Waals surface area (Å²) >= 11 is 0. The van der Waals surface area contributed by atoms with Crippen LogP contribution in [-0.4, -0.2) is 23.1 Å². The van der Waals surface area contributed by atoms with Crippen LogP contribution in [0.5, 0.6) is 0 Å². The van der Waals surface area contributed by atoms with E-state index in [1.165, 1.54) is 6.33 Å². The van der Waals surface area contributed by atoms with E-state index in [1.54, 1.807) is 0 Å². The van der Waals surface area contributed by atoms with Gasteiger partial charge in [-0.05, 0) is 6.42 Å². The predicted molar refractivity (Wildman–Crippen MR) is 51.0 cm³/mol. The summed E-state index contributed by atoms with van der Waals surface area (Å²) in [6.07, 6.45) is 3.42.